The molecule has 43 heavy (non-hydrogen) atoms. The molecule has 0 unspecified atom stereocenters. The van der Waals surface area contributed by atoms with Gasteiger partial charge in [-0.05, 0) is 60.2 Å². The Labute approximate surface area is 258 Å². The molecule has 2 aliphatic heterocycles. The number of hydrogen-bond acceptors (Lipinski definition) is 7. The van der Waals surface area contributed by atoms with Crippen LogP contribution in [0.25, 0.3) is 0 Å². The first kappa shape index (κ1) is 29.2. The Kier molecular flexibility index (Phi) is 7.69. The summed E-state index contributed by atoms with van der Waals surface area (Å²) in [6.45, 7) is -0.459. The molecular formula is C29H19BrF3N3O5S2. The number of aromatic amines is 1. The van der Waals surface area contributed by atoms with E-state index in [1.54, 1.807) is 48.5 Å². The Bertz CT molecular complexity index is 1790. The molecule has 0 aliphatic carbocycles. The second-order valence-corrected chi connectivity index (χ2v) is 12.8. The number of carbonyl (C=O) groups is 3. The molecule has 8 nitrogen and oxygen atoms in total. The van der Waals surface area contributed by atoms with Crippen molar-refractivity contribution in [3.8, 4) is 5.75 Å². The fourth-order valence-electron chi connectivity index (χ4n) is 5.11. The lowest BCUT2D eigenvalue weighted by molar-refractivity contribution is -0.137. The molecule has 3 heterocycles. The Morgan fingerprint density at radius 2 is 1.72 bits per heavy atom. The number of H-pyrrole nitrogens is 1. The third-order valence-corrected chi connectivity index (χ3v) is 9.92. The van der Waals surface area contributed by atoms with Crippen molar-refractivity contribution in [1.82, 2.24) is 4.98 Å². The molecule has 2 N–H and O–H groups in total. The monoisotopic (exact) mass is 689 g/mol. The standard InChI is InChI=1S/C29H19BrF3N3O5S2/c30-16-6-8-18(9-7-16)36-26(38)22-21(23-25(35-28(40)43-23)42-24(22)27(36)39)14-4-10-19(11-5-14)41-13-20(37)34-17-3-1-2-15(12-17)29(31,32)33/h1-12,21-22,24H,13H2,(H,34,37)(H,35,40)/t21-,22-,24+/m0/s1. The largest absolute Gasteiger partial charge is 0.484 e. The number of carbonyl (C=O) groups excluding carboxylic acids is 3. The summed E-state index contributed by atoms with van der Waals surface area (Å²) >= 11 is 5.53. The van der Waals surface area contributed by atoms with Crippen LogP contribution < -0.4 is 19.8 Å². The molecule has 2 aliphatic rings. The number of thioether (sulfide) groups is 1. The van der Waals surface area contributed by atoms with Gasteiger partial charge in [-0.3, -0.25) is 19.2 Å². The molecule has 1 fully saturated rings. The average Bonchev–Trinajstić information content (AvgIpc) is 3.46. The summed E-state index contributed by atoms with van der Waals surface area (Å²) in [4.78, 5) is 56.2. The third-order valence-electron chi connectivity index (χ3n) is 6.99. The van der Waals surface area contributed by atoms with Gasteiger partial charge in [-0.25, -0.2) is 4.90 Å². The lowest BCUT2D eigenvalue weighted by atomic mass is 9.83. The Morgan fingerprint density at radius 1 is 1.00 bits per heavy atom. The fourth-order valence-corrected chi connectivity index (χ4v) is 7.89. The van der Waals surface area contributed by atoms with Crippen molar-refractivity contribution in [2.24, 2.45) is 5.92 Å². The summed E-state index contributed by atoms with van der Waals surface area (Å²) in [6.07, 6.45) is -4.54. The van der Waals surface area contributed by atoms with Crippen molar-refractivity contribution in [3.63, 3.8) is 0 Å². The van der Waals surface area contributed by atoms with Crippen molar-refractivity contribution in [2.75, 3.05) is 16.8 Å². The summed E-state index contributed by atoms with van der Waals surface area (Å²) in [6, 6.07) is 17.7. The van der Waals surface area contributed by atoms with Crippen LogP contribution in [0.2, 0.25) is 0 Å². The number of ether oxygens (including phenoxy) is 1. The van der Waals surface area contributed by atoms with Crippen LogP contribution in [0, 0.1) is 5.92 Å². The lowest BCUT2D eigenvalue weighted by Crippen LogP contribution is -2.32. The molecule has 220 valence electrons. The number of aromatic nitrogens is 1. The molecule has 3 aromatic carbocycles. The minimum Gasteiger partial charge on any atom is -0.484 e. The molecule has 3 amide bonds. The molecule has 0 spiro atoms. The number of rotatable bonds is 6. The topological polar surface area (TPSA) is 109 Å². The van der Waals surface area contributed by atoms with Gasteiger partial charge in [-0.1, -0.05) is 57.2 Å². The van der Waals surface area contributed by atoms with E-state index in [1.807, 2.05) is 0 Å². The number of nitrogens with zero attached hydrogens (tertiary/aromatic N) is 1. The molecule has 0 saturated carbocycles. The van der Waals surface area contributed by atoms with E-state index in [4.69, 9.17) is 4.74 Å². The van der Waals surface area contributed by atoms with E-state index < -0.39 is 41.3 Å². The number of amides is 3. The van der Waals surface area contributed by atoms with Gasteiger partial charge in [-0.15, -0.1) is 0 Å². The van der Waals surface area contributed by atoms with Crippen molar-refractivity contribution < 1.29 is 32.3 Å². The molecule has 3 atom stereocenters. The number of benzene rings is 3. The summed E-state index contributed by atoms with van der Waals surface area (Å²) in [5.41, 5.74) is 0.225. The number of anilines is 2. The van der Waals surface area contributed by atoms with Crippen molar-refractivity contribution >= 4 is 68.1 Å². The SMILES string of the molecule is O=C(COc1ccc([C@@H]2c3sc(=O)[nH]c3S[C@H]3C(=O)N(c4ccc(Br)cc4)C(=O)[C@@H]23)cc1)Nc1cccc(C(F)(F)F)c1. The van der Waals surface area contributed by atoms with Gasteiger partial charge < -0.3 is 15.0 Å². The highest BCUT2D eigenvalue weighted by Crippen LogP contribution is 2.53. The van der Waals surface area contributed by atoms with Crippen molar-refractivity contribution in [3.05, 3.63) is 103 Å². The highest BCUT2D eigenvalue weighted by molar-refractivity contribution is 9.10. The van der Waals surface area contributed by atoms with Gasteiger partial charge >= 0.3 is 11.0 Å². The normalized spacial score (nSPS) is 19.6. The second-order valence-electron chi connectivity index (χ2n) is 9.72. The van der Waals surface area contributed by atoms with Crippen LogP contribution in [0.5, 0.6) is 5.75 Å². The van der Waals surface area contributed by atoms with Gasteiger partial charge in [0, 0.05) is 21.0 Å². The molecule has 1 saturated heterocycles. The first-order valence-corrected chi connectivity index (χ1v) is 15.2. The number of imide groups is 1. The summed E-state index contributed by atoms with van der Waals surface area (Å²) in [5.74, 6) is -2.42. The van der Waals surface area contributed by atoms with E-state index in [-0.39, 0.29) is 22.4 Å². The van der Waals surface area contributed by atoms with Gasteiger partial charge in [0.2, 0.25) is 11.8 Å². The minimum atomic E-state index is -4.54. The van der Waals surface area contributed by atoms with Gasteiger partial charge in [0.15, 0.2) is 6.61 Å². The number of fused-ring (bicyclic) bond motifs is 2. The molecule has 1 aromatic heterocycles. The molecule has 0 radical (unpaired) electrons. The van der Waals surface area contributed by atoms with Gasteiger partial charge in [0.25, 0.3) is 5.91 Å². The van der Waals surface area contributed by atoms with Crippen LogP contribution in [0.3, 0.4) is 0 Å². The Morgan fingerprint density at radius 3 is 2.42 bits per heavy atom. The number of nitrogens with one attached hydrogen (secondary N) is 2. The van der Waals surface area contributed by atoms with Gasteiger partial charge in [-0.2, -0.15) is 13.2 Å². The minimum absolute atomic E-state index is 0.0160. The first-order chi connectivity index (χ1) is 20.5. The first-order valence-electron chi connectivity index (χ1n) is 12.7. The molecule has 6 rings (SSSR count). The zero-order valence-electron chi connectivity index (χ0n) is 21.7. The smallest absolute Gasteiger partial charge is 0.416 e. The van der Waals surface area contributed by atoms with Gasteiger partial charge in [0.1, 0.15) is 11.0 Å². The number of alkyl halides is 3. The number of hydrogen-bond donors (Lipinski definition) is 2. The van der Waals surface area contributed by atoms with Gasteiger partial charge in [0.05, 0.1) is 22.2 Å². The number of thiazole rings is 1. The predicted octanol–water partition coefficient (Wildman–Crippen LogP) is 6.03. The summed E-state index contributed by atoms with van der Waals surface area (Å²) in [5, 5.41) is 2.19. The zero-order chi connectivity index (χ0) is 30.5. The van der Waals surface area contributed by atoms with E-state index >= 15 is 0 Å². The highest BCUT2D eigenvalue weighted by Gasteiger charge is 2.56. The molecule has 4 aromatic rings. The maximum atomic E-state index is 13.8. The Balaban J connectivity index is 1.21. The molecule has 14 heteroatoms. The molecular weight excluding hydrogens is 671 g/mol. The van der Waals surface area contributed by atoms with E-state index in [2.05, 4.69) is 26.2 Å². The summed E-state index contributed by atoms with van der Waals surface area (Å²) < 4.78 is 45.2. The zero-order valence-corrected chi connectivity index (χ0v) is 24.9. The predicted molar refractivity (Wildman–Crippen MR) is 159 cm³/mol. The van der Waals surface area contributed by atoms with E-state index in [9.17, 15) is 32.3 Å². The van der Waals surface area contributed by atoms with Crippen LogP contribution in [-0.2, 0) is 20.6 Å². The van der Waals surface area contributed by atoms with Crippen molar-refractivity contribution in [2.45, 2.75) is 22.4 Å². The fraction of sp³-hybridized carbons (Fsp3) is 0.172. The number of halogens is 4. The van der Waals surface area contributed by atoms with E-state index in [0.29, 0.717) is 26.9 Å². The second kappa shape index (κ2) is 11.3. The Hall–Kier alpha value is -3.88. The molecule has 0 bridgehead atoms. The van der Waals surface area contributed by atoms with Crippen LogP contribution in [0.15, 0.2) is 87.1 Å². The van der Waals surface area contributed by atoms with Crippen LogP contribution in [0.4, 0.5) is 24.5 Å². The summed E-state index contributed by atoms with van der Waals surface area (Å²) in [7, 11) is 0. The quantitative estimate of drug-likeness (QED) is 0.240. The average molecular weight is 691 g/mol. The van der Waals surface area contributed by atoms with Crippen LogP contribution in [0.1, 0.15) is 21.9 Å². The van der Waals surface area contributed by atoms with Crippen LogP contribution in [-0.4, -0.2) is 34.6 Å². The van der Waals surface area contributed by atoms with Crippen LogP contribution >= 0.6 is 39.0 Å². The third kappa shape index (κ3) is 5.74. The maximum Gasteiger partial charge on any atom is 0.416 e. The van der Waals surface area contributed by atoms with Crippen molar-refractivity contribution in [1.29, 1.82) is 0 Å². The van der Waals surface area contributed by atoms with E-state index in [0.717, 1.165) is 27.9 Å². The maximum absolute atomic E-state index is 13.8. The van der Waals surface area contributed by atoms with E-state index in [1.165, 1.54) is 28.8 Å². The highest BCUT2D eigenvalue weighted by atomic mass is 79.9. The lowest BCUT2D eigenvalue weighted by Gasteiger charge is -2.29.